The van der Waals surface area contributed by atoms with E-state index in [1.807, 2.05) is 6.20 Å². The van der Waals surface area contributed by atoms with E-state index in [1.54, 1.807) is 0 Å². The molecule has 0 aromatic carbocycles. The van der Waals surface area contributed by atoms with E-state index < -0.39 is 0 Å². The summed E-state index contributed by atoms with van der Waals surface area (Å²) in [4.78, 5) is 4.34. The highest BCUT2D eigenvalue weighted by atomic mass is 16.5. The summed E-state index contributed by atoms with van der Waals surface area (Å²) in [6.07, 6.45) is 4.25. The van der Waals surface area contributed by atoms with Gasteiger partial charge >= 0.3 is 0 Å². The van der Waals surface area contributed by atoms with E-state index in [-0.39, 0.29) is 0 Å². The third kappa shape index (κ3) is 3.33. The molecule has 2 rings (SSSR count). The average Bonchev–Trinajstić information content (AvgIpc) is 2.95. The maximum atomic E-state index is 5.83. The first-order chi connectivity index (χ1) is 8.70. The highest BCUT2D eigenvalue weighted by Gasteiger charge is 2.30. The molecule has 0 amide bonds. The lowest BCUT2D eigenvalue weighted by atomic mass is 9.97. The molecule has 0 bridgehead atoms. The van der Waals surface area contributed by atoms with Crippen molar-refractivity contribution in [2.24, 2.45) is 5.92 Å². The van der Waals surface area contributed by atoms with E-state index in [9.17, 15) is 0 Å². The highest BCUT2D eigenvalue weighted by molar-refractivity contribution is 5.06. The first-order valence-corrected chi connectivity index (χ1v) is 6.97. The second-order valence-electron chi connectivity index (χ2n) is 5.39. The maximum absolute atomic E-state index is 5.83. The second kappa shape index (κ2) is 6.34. The fraction of sp³-hybridized carbons (Fsp3) is 0.786. The van der Waals surface area contributed by atoms with Crippen molar-refractivity contribution in [2.75, 3.05) is 13.2 Å². The summed E-state index contributed by atoms with van der Waals surface area (Å²) in [5.41, 5.74) is 0. The lowest BCUT2D eigenvalue weighted by Gasteiger charge is -2.13. The van der Waals surface area contributed by atoms with Gasteiger partial charge in [-0.25, -0.2) is 4.98 Å². The van der Waals surface area contributed by atoms with Gasteiger partial charge in [0.25, 0.3) is 0 Å². The molecule has 4 nitrogen and oxygen atoms in total. The Morgan fingerprint density at radius 1 is 1.50 bits per heavy atom. The number of aromatic nitrogens is 1. The summed E-state index contributed by atoms with van der Waals surface area (Å²) in [7, 11) is 0. The number of ether oxygens (including phenoxy) is 1. The molecular weight excluding hydrogens is 228 g/mol. The Bertz CT molecular complexity index is 362. The number of oxazole rings is 1. The Balaban J connectivity index is 1.89. The molecule has 4 heteroatoms. The van der Waals surface area contributed by atoms with Gasteiger partial charge in [0.15, 0.2) is 0 Å². The van der Waals surface area contributed by atoms with E-state index in [4.69, 9.17) is 9.15 Å². The molecule has 0 radical (unpaired) electrons. The van der Waals surface area contributed by atoms with Crippen molar-refractivity contribution in [1.29, 1.82) is 0 Å². The molecule has 2 unspecified atom stereocenters. The van der Waals surface area contributed by atoms with Gasteiger partial charge in [-0.3, -0.25) is 0 Å². The zero-order valence-electron chi connectivity index (χ0n) is 11.6. The zero-order chi connectivity index (χ0) is 13.0. The minimum Gasteiger partial charge on any atom is -0.444 e. The summed E-state index contributed by atoms with van der Waals surface area (Å²) in [5.74, 6) is 2.81. The summed E-state index contributed by atoms with van der Waals surface area (Å²) in [6.45, 7) is 9.07. The molecule has 1 aromatic heterocycles. The number of rotatable bonds is 6. The number of nitrogens with zero attached hydrogens (tertiary/aromatic N) is 1. The van der Waals surface area contributed by atoms with Crippen LogP contribution in [-0.2, 0) is 11.3 Å². The van der Waals surface area contributed by atoms with Crippen LogP contribution < -0.4 is 5.32 Å². The molecular formula is C14H24N2O2. The molecule has 2 heterocycles. The molecule has 102 valence electrons. The molecule has 0 saturated carbocycles. The monoisotopic (exact) mass is 252 g/mol. The van der Waals surface area contributed by atoms with E-state index in [0.717, 1.165) is 37.6 Å². The van der Waals surface area contributed by atoms with Crippen LogP contribution in [0.25, 0.3) is 0 Å². The van der Waals surface area contributed by atoms with Crippen molar-refractivity contribution in [2.45, 2.75) is 52.2 Å². The SMILES string of the molecule is CCC1OCCC1c1cnc(CNCC(C)C)o1. The van der Waals surface area contributed by atoms with Crippen LogP contribution in [0.15, 0.2) is 10.6 Å². The molecule has 1 aromatic rings. The third-order valence-electron chi connectivity index (χ3n) is 3.38. The van der Waals surface area contributed by atoms with Crippen LogP contribution in [-0.4, -0.2) is 24.2 Å². The maximum Gasteiger partial charge on any atom is 0.208 e. The summed E-state index contributed by atoms with van der Waals surface area (Å²) < 4.78 is 11.5. The van der Waals surface area contributed by atoms with Crippen LogP contribution >= 0.6 is 0 Å². The number of nitrogens with one attached hydrogen (secondary N) is 1. The fourth-order valence-corrected chi connectivity index (χ4v) is 2.42. The van der Waals surface area contributed by atoms with Gasteiger partial charge in [0.2, 0.25) is 5.89 Å². The van der Waals surface area contributed by atoms with Crippen molar-refractivity contribution >= 4 is 0 Å². The van der Waals surface area contributed by atoms with Gasteiger partial charge < -0.3 is 14.5 Å². The van der Waals surface area contributed by atoms with Crippen molar-refractivity contribution in [3.8, 4) is 0 Å². The minimum atomic E-state index is 0.300. The molecule has 1 aliphatic rings. The zero-order valence-corrected chi connectivity index (χ0v) is 11.6. The van der Waals surface area contributed by atoms with E-state index >= 15 is 0 Å². The molecule has 1 aliphatic heterocycles. The van der Waals surface area contributed by atoms with E-state index in [0.29, 0.717) is 24.5 Å². The van der Waals surface area contributed by atoms with Gasteiger partial charge in [-0.2, -0.15) is 0 Å². The van der Waals surface area contributed by atoms with Crippen molar-refractivity contribution in [1.82, 2.24) is 10.3 Å². The summed E-state index contributed by atoms with van der Waals surface area (Å²) in [5, 5.41) is 3.34. The van der Waals surface area contributed by atoms with Crippen molar-refractivity contribution in [3.63, 3.8) is 0 Å². The number of hydrogen-bond donors (Lipinski definition) is 1. The normalized spacial score (nSPS) is 24.0. The molecule has 0 spiro atoms. The van der Waals surface area contributed by atoms with Gasteiger partial charge in [-0.1, -0.05) is 20.8 Å². The Morgan fingerprint density at radius 2 is 2.33 bits per heavy atom. The highest BCUT2D eigenvalue weighted by Crippen LogP contribution is 2.33. The Kier molecular flexibility index (Phi) is 4.78. The molecule has 1 N–H and O–H groups in total. The predicted octanol–water partition coefficient (Wildman–Crippen LogP) is 2.70. The van der Waals surface area contributed by atoms with E-state index in [1.165, 1.54) is 0 Å². The van der Waals surface area contributed by atoms with Crippen LogP contribution in [0.2, 0.25) is 0 Å². The topological polar surface area (TPSA) is 47.3 Å². The largest absolute Gasteiger partial charge is 0.444 e. The summed E-state index contributed by atoms with van der Waals surface area (Å²) in [6, 6.07) is 0. The van der Waals surface area contributed by atoms with Crippen molar-refractivity contribution in [3.05, 3.63) is 17.8 Å². The molecule has 0 aliphatic carbocycles. The smallest absolute Gasteiger partial charge is 0.208 e. The van der Waals surface area contributed by atoms with Crippen LogP contribution in [0.3, 0.4) is 0 Å². The average molecular weight is 252 g/mol. The second-order valence-corrected chi connectivity index (χ2v) is 5.39. The number of hydrogen-bond acceptors (Lipinski definition) is 4. The van der Waals surface area contributed by atoms with Crippen LogP contribution in [0, 0.1) is 5.92 Å². The molecule has 2 atom stereocenters. The summed E-state index contributed by atoms with van der Waals surface area (Å²) >= 11 is 0. The van der Waals surface area contributed by atoms with E-state index in [2.05, 4.69) is 31.1 Å². The fourth-order valence-electron chi connectivity index (χ4n) is 2.42. The third-order valence-corrected chi connectivity index (χ3v) is 3.38. The lowest BCUT2D eigenvalue weighted by molar-refractivity contribution is 0.0971. The molecule has 1 fully saturated rings. The Labute approximate surface area is 109 Å². The van der Waals surface area contributed by atoms with Gasteiger partial charge in [-0.15, -0.1) is 0 Å². The quantitative estimate of drug-likeness (QED) is 0.845. The first-order valence-electron chi connectivity index (χ1n) is 6.97. The van der Waals surface area contributed by atoms with Gasteiger partial charge in [-0.05, 0) is 25.3 Å². The first kappa shape index (κ1) is 13.6. The Hall–Kier alpha value is -0.870. The molecule has 18 heavy (non-hydrogen) atoms. The van der Waals surface area contributed by atoms with Crippen LogP contribution in [0.5, 0.6) is 0 Å². The standard InChI is InChI=1S/C14H24N2O2/c1-4-12-11(5-6-17-12)13-8-16-14(18-13)9-15-7-10(2)3/h8,10-12,15H,4-7,9H2,1-3H3. The lowest BCUT2D eigenvalue weighted by Crippen LogP contribution is -2.19. The Morgan fingerprint density at radius 3 is 3.06 bits per heavy atom. The van der Waals surface area contributed by atoms with Crippen LogP contribution in [0.1, 0.15) is 51.2 Å². The predicted molar refractivity (Wildman–Crippen MR) is 70.4 cm³/mol. The molecule has 1 saturated heterocycles. The van der Waals surface area contributed by atoms with Gasteiger partial charge in [0.05, 0.1) is 18.8 Å². The van der Waals surface area contributed by atoms with Crippen LogP contribution in [0.4, 0.5) is 0 Å². The van der Waals surface area contributed by atoms with Crippen molar-refractivity contribution < 1.29 is 9.15 Å². The minimum absolute atomic E-state index is 0.300. The van der Waals surface area contributed by atoms with Gasteiger partial charge in [0.1, 0.15) is 5.76 Å². The van der Waals surface area contributed by atoms with Gasteiger partial charge in [0, 0.05) is 12.5 Å².